The van der Waals surface area contributed by atoms with Crippen molar-refractivity contribution in [2.75, 3.05) is 13.7 Å². The number of carbonyl (C=O) groups is 3. The second-order valence-corrected chi connectivity index (χ2v) is 4.96. The van der Waals surface area contributed by atoms with E-state index in [0.717, 1.165) is 6.42 Å². The number of esters is 2. The summed E-state index contributed by atoms with van der Waals surface area (Å²) >= 11 is 0. The van der Waals surface area contributed by atoms with Gasteiger partial charge >= 0.3 is 11.9 Å². The topological polar surface area (TPSA) is 97.5 Å². The molecule has 0 fully saturated rings. The smallest absolute Gasteiger partial charge is 0.355 e. The second kappa shape index (κ2) is 7.63. The molecule has 2 N–H and O–H groups in total. The summed E-state index contributed by atoms with van der Waals surface area (Å²) in [6, 6.07) is 0. The van der Waals surface area contributed by atoms with Crippen LogP contribution in [0.4, 0.5) is 0 Å². The highest BCUT2D eigenvalue weighted by Crippen LogP contribution is 2.20. The van der Waals surface area contributed by atoms with E-state index in [2.05, 4.69) is 15.0 Å². The molecule has 7 heteroatoms. The van der Waals surface area contributed by atoms with Gasteiger partial charge in [0, 0.05) is 12.2 Å². The van der Waals surface area contributed by atoms with Crippen LogP contribution in [0.3, 0.4) is 0 Å². The number of amides is 1. The van der Waals surface area contributed by atoms with E-state index in [-0.39, 0.29) is 11.6 Å². The average Bonchev–Trinajstić information content (AvgIpc) is 2.78. The zero-order valence-electron chi connectivity index (χ0n) is 13.5. The van der Waals surface area contributed by atoms with Crippen molar-refractivity contribution in [3.8, 4) is 0 Å². The molecule has 0 spiro atoms. The van der Waals surface area contributed by atoms with E-state index in [9.17, 15) is 14.4 Å². The first-order valence-electron chi connectivity index (χ1n) is 7.09. The van der Waals surface area contributed by atoms with Gasteiger partial charge in [-0.15, -0.1) is 0 Å². The fourth-order valence-corrected chi connectivity index (χ4v) is 2.03. The van der Waals surface area contributed by atoms with Crippen LogP contribution in [0, 0.1) is 13.8 Å². The van der Waals surface area contributed by atoms with Crippen LogP contribution in [0.15, 0.2) is 0 Å². The fourth-order valence-electron chi connectivity index (χ4n) is 2.03. The standard InChI is InChI=1S/C15H22N2O5/c1-6-7-16-13(18)10(4)22-15(20)12-8(2)11(9(3)17-12)14(19)21-5/h10,17H,6-7H2,1-5H3,(H,16,18). The zero-order valence-corrected chi connectivity index (χ0v) is 13.5. The van der Waals surface area contributed by atoms with Crippen molar-refractivity contribution in [2.45, 2.75) is 40.2 Å². The first kappa shape index (κ1) is 17.7. The molecule has 0 bridgehead atoms. The molecule has 122 valence electrons. The molecule has 0 radical (unpaired) electrons. The van der Waals surface area contributed by atoms with Crippen LogP contribution in [0.25, 0.3) is 0 Å². The predicted molar refractivity (Wildman–Crippen MR) is 79.8 cm³/mol. The van der Waals surface area contributed by atoms with Crippen molar-refractivity contribution in [2.24, 2.45) is 0 Å². The van der Waals surface area contributed by atoms with E-state index < -0.39 is 18.0 Å². The van der Waals surface area contributed by atoms with Crippen LogP contribution in [0.5, 0.6) is 0 Å². The predicted octanol–water partition coefficient (Wildman–Crippen LogP) is 1.49. The lowest BCUT2D eigenvalue weighted by atomic mass is 10.1. The highest BCUT2D eigenvalue weighted by atomic mass is 16.5. The first-order chi connectivity index (χ1) is 10.3. The number of nitrogens with one attached hydrogen (secondary N) is 2. The average molecular weight is 310 g/mol. The Balaban J connectivity index is 2.87. The molecule has 1 aromatic rings. The number of carbonyl (C=O) groups excluding carboxylic acids is 3. The number of aryl methyl sites for hydroxylation is 1. The van der Waals surface area contributed by atoms with Gasteiger partial charge in [-0.3, -0.25) is 4.79 Å². The Morgan fingerprint density at radius 2 is 1.86 bits per heavy atom. The molecule has 0 aliphatic heterocycles. The highest BCUT2D eigenvalue weighted by Gasteiger charge is 2.25. The van der Waals surface area contributed by atoms with E-state index in [4.69, 9.17) is 4.74 Å². The number of hydrogen-bond donors (Lipinski definition) is 2. The summed E-state index contributed by atoms with van der Waals surface area (Å²) in [5.41, 5.74) is 1.40. The number of ether oxygens (including phenoxy) is 2. The van der Waals surface area contributed by atoms with Crippen molar-refractivity contribution in [1.82, 2.24) is 10.3 Å². The van der Waals surface area contributed by atoms with Crippen LogP contribution < -0.4 is 5.32 Å². The lowest BCUT2D eigenvalue weighted by Crippen LogP contribution is -2.36. The number of aromatic amines is 1. The van der Waals surface area contributed by atoms with Gasteiger partial charge < -0.3 is 19.8 Å². The minimum atomic E-state index is -0.913. The van der Waals surface area contributed by atoms with Crippen molar-refractivity contribution < 1.29 is 23.9 Å². The van der Waals surface area contributed by atoms with Crippen LogP contribution >= 0.6 is 0 Å². The maximum absolute atomic E-state index is 12.1. The van der Waals surface area contributed by atoms with Crippen molar-refractivity contribution in [3.63, 3.8) is 0 Å². The Kier molecular flexibility index (Phi) is 6.15. The minimum Gasteiger partial charge on any atom is -0.465 e. The Morgan fingerprint density at radius 1 is 1.23 bits per heavy atom. The van der Waals surface area contributed by atoms with Gasteiger partial charge in [0.25, 0.3) is 5.91 Å². The maximum Gasteiger partial charge on any atom is 0.355 e. The van der Waals surface area contributed by atoms with E-state index in [1.807, 2.05) is 6.92 Å². The monoisotopic (exact) mass is 310 g/mol. The van der Waals surface area contributed by atoms with E-state index in [0.29, 0.717) is 23.4 Å². The third-order valence-corrected chi connectivity index (χ3v) is 3.23. The molecule has 1 rings (SSSR count). The van der Waals surface area contributed by atoms with Gasteiger partial charge in [-0.1, -0.05) is 6.92 Å². The quantitative estimate of drug-likeness (QED) is 0.776. The van der Waals surface area contributed by atoms with Crippen LogP contribution in [-0.4, -0.2) is 42.6 Å². The molecule has 0 aliphatic carbocycles. The first-order valence-corrected chi connectivity index (χ1v) is 7.09. The Bertz CT molecular complexity index is 577. The van der Waals surface area contributed by atoms with Crippen molar-refractivity contribution >= 4 is 17.8 Å². The number of hydrogen-bond acceptors (Lipinski definition) is 5. The van der Waals surface area contributed by atoms with Crippen LogP contribution in [0.1, 0.15) is 52.4 Å². The second-order valence-electron chi connectivity index (χ2n) is 4.96. The lowest BCUT2D eigenvalue weighted by Gasteiger charge is -2.12. The van der Waals surface area contributed by atoms with E-state index in [1.54, 1.807) is 13.8 Å². The molecule has 1 heterocycles. The fraction of sp³-hybridized carbons (Fsp3) is 0.533. The molecule has 7 nitrogen and oxygen atoms in total. The van der Waals surface area contributed by atoms with Crippen molar-refractivity contribution in [3.05, 3.63) is 22.5 Å². The highest BCUT2D eigenvalue weighted by molar-refractivity contribution is 5.99. The van der Waals surface area contributed by atoms with Crippen LogP contribution in [0.2, 0.25) is 0 Å². The van der Waals surface area contributed by atoms with E-state index >= 15 is 0 Å². The number of methoxy groups -OCH3 is 1. The summed E-state index contributed by atoms with van der Waals surface area (Å²) in [7, 11) is 1.27. The summed E-state index contributed by atoms with van der Waals surface area (Å²) in [6.07, 6.45) is -0.118. The largest absolute Gasteiger partial charge is 0.465 e. The SMILES string of the molecule is CCCNC(=O)C(C)OC(=O)c1[nH]c(C)c(C(=O)OC)c1C. The Hall–Kier alpha value is -2.31. The van der Waals surface area contributed by atoms with Gasteiger partial charge in [0.05, 0.1) is 12.7 Å². The van der Waals surface area contributed by atoms with Gasteiger partial charge in [0.15, 0.2) is 6.10 Å². The van der Waals surface area contributed by atoms with Crippen molar-refractivity contribution in [1.29, 1.82) is 0 Å². The number of rotatable bonds is 6. The molecule has 1 amide bonds. The molecular weight excluding hydrogens is 288 g/mol. The molecule has 0 aliphatic rings. The molecule has 0 aromatic carbocycles. The third kappa shape index (κ3) is 3.87. The molecule has 1 aromatic heterocycles. The number of H-pyrrole nitrogens is 1. The number of aromatic nitrogens is 1. The van der Waals surface area contributed by atoms with Gasteiger partial charge in [0.2, 0.25) is 0 Å². The summed E-state index contributed by atoms with van der Waals surface area (Å²) in [5, 5.41) is 2.65. The normalized spacial score (nSPS) is 11.7. The van der Waals surface area contributed by atoms with Gasteiger partial charge in [-0.25, -0.2) is 9.59 Å². The Labute approximate surface area is 129 Å². The molecular formula is C15H22N2O5. The summed E-state index contributed by atoms with van der Waals surface area (Å²) < 4.78 is 9.80. The van der Waals surface area contributed by atoms with Crippen LogP contribution in [-0.2, 0) is 14.3 Å². The molecule has 1 atom stereocenters. The molecule has 0 saturated heterocycles. The summed E-state index contributed by atoms with van der Waals surface area (Å²) in [5.74, 6) is -1.57. The van der Waals surface area contributed by atoms with Gasteiger partial charge in [-0.2, -0.15) is 0 Å². The van der Waals surface area contributed by atoms with E-state index in [1.165, 1.54) is 14.0 Å². The third-order valence-electron chi connectivity index (χ3n) is 3.23. The van der Waals surface area contributed by atoms with Gasteiger partial charge in [0.1, 0.15) is 5.69 Å². The maximum atomic E-state index is 12.1. The molecule has 22 heavy (non-hydrogen) atoms. The molecule has 0 saturated carbocycles. The molecule has 1 unspecified atom stereocenters. The summed E-state index contributed by atoms with van der Waals surface area (Å²) in [6.45, 7) is 7.22. The van der Waals surface area contributed by atoms with Gasteiger partial charge in [-0.05, 0) is 32.8 Å². The zero-order chi connectivity index (χ0) is 16.9. The lowest BCUT2D eigenvalue weighted by molar-refractivity contribution is -0.129. The Morgan fingerprint density at radius 3 is 2.41 bits per heavy atom. The minimum absolute atomic E-state index is 0.146. The summed E-state index contributed by atoms with van der Waals surface area (Å²) in [4.78, 5) is 38.3.